The normalized spacial score (nSPS) is 12.1. The molecule has 106 valence electrons. The van der Waals surface area contributed by atoms with E-state index in [4.69, 9.17) is 4.74 Å². The molecule has 0 heterocycles. The lowest BCUT2D eigenvalue weighted by Gasteiger charge is -2.14. The third kappa shape index (κ3) is 10.3. The molecule has 0 saturated carbocycles. The average molecular weight is 256 g/mol. The van der Waals surface area contributed by atoms with Crippen molar-refractivity contribution in [2.45, 2.75) is 45.6 Å². The van der Waals surface area contributed by atoms with Gasteiger partial charge < -0.3 is 15.4 Å². The Labute approximate surface area is 111 Å². The maximum atomic E-state index is 11.6. The lowest BCUT2D eigenvalue weighted by Crippen LogP contribution is -2.43. The van der Waals surface area contributed by atoms with Gasteiger partial charge >= 0.3 is 0 Å². The molecule has 0 aliphatic heterocycles. The second kappa shape index (κ2) is 12.6. The summed E-state index contributed by atoms with van der Waals surface area (Å²) in [6, 6.07) is -0.158. The third-order valence-corrected chi connectivity index (χ3v) is 2.64. The minimum atomic E-state index is -0.158. The standard InChI is InChI=1S/C14H28N2O2/c1-4-6-8-9-16-14(17)13(3)15-10-12-18-11-7-5-2/h5,13,15H,2,4,6-12H2,1,3H3,(H,16,17). The molecule has 0 radical (unpaired) electrons. The summed E-state index contributed by atoms with van der Waals surface area (Å²) in [6.45, 7) is 10.4. The molecule has 0 fully saturated rings. The molecular weight excluding hydrogens is 228 g/mol. The summed E-state index contributed by atoms with van der Waals surface area (Å²) >= 11 is 0. The van der Waals surface area contributed by atoms with Gasteiger partial charge in [-0.1, -0.05) is 25.8 Å². The van der Waals surface area contributed by atoms with Crippen LogP contribution in [0.1, 0.15) is 39.5 Å². The highest BCUT2D eigenvalue weighted by molar-refractivity contribution is 5.81. The van der Waals surface area contributed by atoms with E-state index < -0.39 is 0 Å². The Kier molecular flexibility index (Phi) is 12.0. The molecule has 1 amide bonds. The Hall–Kier alpha value is -0.870. The molecule has 18 heavy (non-hydrogen) atoms. The number of carbonyl (C=O) groups is 1. The van der Waals surface area contributed by atoms with Gasteiger partial charge in [-0.2, -0.15) is 0 Å². The predicted octanol–water partition coefficient (Wildman–Crippen LogP) is 1.86. The lowest BCUT2D eigenvalue weighted by atomic mass is 10.2. The Morgan fingerprint density at radius 3 is 2.78 bits per heavy atom. The smallest absolute Gasteiger partial charge is 0.236 e. The van der Waals surface area contributed by atoms with Crippen LogP contribution in [0, 0.1) is 0 Å². The first-order valence-electron chi connectivity index (χ1n) is 6.92. The zero-order valence-corrected chi connectivity index (χ0v) is 11.8. The van der Waals surface area contributed by atoms with Crippen molar-refractivity contribution in [1.82, 2.24) is 10.6 Å². The minimum absolute atomic E-state index is 0.0668. The maximum Gasteiger partial charge on any atom is 0.236 e. The van der Waals surface area contributed by atoms with Crippen molar-refractivity contribution in [3.8, 4) is 0 Å². The molecule has 0 saturated heterocycles. The van der Waals surface area contributed by atoms with Gasteiger partial charge in [0.2, 0.25) is 5.91 Å². The van der Waals surface area contributed by atoms with Gasteiger partial charge in [-0.25, -0.2) is 0 Å². The molecular formula is C14H28N2O2. The van der Waals surface area contributed by atoms with Gasteiger partial charge in [0.1, 0.15) is 0 Å². The highest BCUT2D eigenvalue weighted by Gasteiger charge is 2.10. The number of rotatable bonds is 12. The van der Waals surface area contributed by atoms with Gasteiger partial charge in [0.15, 0.2) is 0 Å². The monoisotopic (exact) mass is 256 g/mol. The Morgan fingerprint density at radius 1 is 1.33 bits per heavy atom. The number of hydrogen-bond acceptors (Lipinski definition) is 3. The average Bonchev–Trinajstić information content (AvgIpc) is 2.38. The summed E-state index contributed by atoms with van der Waals surface area (Å²) in [4.78, 5) is 11.6. The second-order valence-corrected chi connectivity index (χ2v) is 4.36. The van der Waals surface area contributed by atoms with E-state index in [1.807, 2.05) is 13.0 Å². The van der Waals surface area contributed by atoms with Gasteiger partial charge in [-0.05, 0) is 19.8 Å². The zero-order chi connectivity index (χ0) is 13.6. The second-order valence-electron chi connectivity index (χ2n) is 4.36. The van der Waals surface area contributed by atoms with E-state index in [9.17, 15) is 4.79 Å². The Morgan fingerprint density at radius 2 is 2.11 bits per heavy atom. The van der Waals surface area contributed by atoms with Crippen molar-refractivity contribution in [1.29, 1.82) is 0 Å². The number of ether oxygens (including phenoxy) is 1. The van der Waals surface area contributed by atoms with Crippen LogP contribution in [0.3, 0.4) is 0 Å². The number of hydrogen-bond donors (Lipinski definition) is 2. The molecule has 2 N–H and O–H groups in total. The third-order valence-electron chi connectivity index (χ3n) is 2.64. The van der Waals surface area contributed by atoms with Crippen molar-refractivity contribution in [3.05, 3.63) is 12.7 Å². The van der Waals surface area contributed by atoms with E-state index in [2.05, 4.69) is 24.1 Å². The molecule has 0 rings (SSSR count). The van der Waals surface area contributed by atoms with E-state index in [0.29, 0.717) is 19.8 Å². The summed E-state index contributed by atoms with van der Waals surface area (Å²) in [5.41, 5.74) is 0. The lowest BCUT2D eigenvalue weighted by molar-refractivity contribution is -0.122. The van der Waals surface area contributed by atoms with Crippen molar-refractivity contribution < 1.29 is 9.53 Å². The van der Waals surface area contributed by atoms with Crippen molar-refractivity contribution >= 4 is 5.91 Å². The minimum Gasteiger partial charge on any atom is -0.380 e. The topological polar surface area (TPSA) is 50.4 Å². The van der Waals surface area contributed by atoms with Crippen LogP contribution in [-0.4, -0.2) is 38.3 Å². The van der Waals surface area contributed by atoms with Crippen LogP contribution in [0.25, 0.3) is 0 Å². The first-order valence-corrected chi connectivity index (χ1v) is 6.92. The van der Waals surface area contributed by atoms with Crippen molar-refractivity contribution in [2.75, 3.05) is 26.3 Å². The van der Waals surface area contributed by atoms with Crippen molar-refractivity contribution in [2.24, 2.45) is 0 Å². The molecule has 4 heteroatoms. The van der Waals surface area contributed by atoms with Gasteiger partial charge in [-0.15, -0.1) is 6.58 Å². The summed E-state index contributed by atoms with van der Waals surface area (Å²) in [5.74, 6) is 0.0668. The number of nitrogens with one attached hydrogen (secondary N) is 2. The molecule has 1 unspecified atom stereocenters. The first kappa shape index (κ1) is 17.1. The SMILES string of the molecule is C=CCCOCCNC(C)C(=O)NCCCCC. The molecule has 1 atom stereocenters. The fourth-order valence-electron chi connectivity index (χ4n) is 1.45. The number of amides is 1. The van der Waals surface area contributed by atoms with E-state index in [1.54, 1.807) is 0 Å². The van der Waals surface area contributed by atoms with Gasteiger partial charge in [0.05, 0.1) is 19.3 Å². The first-order chi connectivity index (χ1) is 8.72. The zero-order valence-electron chi connectivity index (χ0n) is 11.8. The molecule has 0 spiro atoms. The highest BCUT2D eigenvalue weighted by atomic mass is 16.5. The van der Waals surface area contributed by atoms with Crippen molar-refractivity contribution in [3.63, 3.8) is 0 Å². The van der Waals surface area contributed by atoms with Crippen LogP contribution in [-0.2, 0) is 9.53 Å². The van der Waals surface area contributed by atoms with Gasteiger partial charge in [0, 0.05) is 13.1 Å². The van der Waals surface area contributed by atoms with E-state index in [-0.39, 0.29) is 11.9 Å². The molecule has 0 aliphatic rings. The molecule has 4 nitrogen and oxygen atoms in total. The fourth-order valence-corrected chi connectivity index (χ4v) is 1.45. The summed E-state index contributed by atoms with van der Waals surface area (Å²) in [7, 11) is 0. The van der Waals surface area contributed by atoms with Crippen LogP contribution in [0.5, 0.6) is 0 Å². The van der Waals surface area contributed by atoms with Crippen LogP contribution < -0.4 is 10.6 Å². The molecule has 0 aromatic heterocycles. The van der Waals surface area contributed by atoms with Gasteiger partial charge in [-0.3, -0.25) is 4.79 Å². The van der Waals surface area contributed by atoms with E-state index in [0.717, 1.165) is 19.4 Å². The van der Waals surface area contributed by atoms with Crippen LogP contribution in [0.2, 0.25) is 0 Å². The Balaban J connectivity index is 3.41. The maximum absolute atomic E-state index is 11.6. The Bertz CT molecular complexity index is 220. The van der Waals surface area contributed by atoms with E-state index >= 15 is 0 Å². The summed E-state index contributed by atoms with van der Waals surface area (Å²) in [5, 5.41) is 6.06. The highest BCUT2D eigenvalue weighted by Crippen LogP contribution is 1.91. The van der Waals surface area contributed by atoms with Crippen LogP contribution in [0.15, 0.2) is 12.7 Å². The summed E-state index contributed by atoms with van der Waals surface area (Å²) in [6.07, 6.45) is 6.10. The van der Waals surface area contributed by atoms with Crippen LogP contribution in [0.4, 0.5) is 0 Å². The summed E-state index contributed by atoms with van der Waals surface area (Å²) < 4.78 is 5.35. The fraction of sp³-hybridized carbons (Fsp3) is 0.786. The molecule has 0 aromatic carbocycles. The van der Waals surface area contributed by atoms with Gasteiger partial charge in [0.25, 0.3) is 0 Å². The molecule has 0 aromatic rings. The van der Waals surface area contributed by atoms with Crippen LogP contribution >= 0.6 is 0 Å². The number of unbranched alkanes of at least 4 members (excludes halogenated alkanes) is 2. The molecule has 0 bridgehead atoms. The predicted molar refractivity (Wildman–Crippen MR) is 75.6 cm³/mol. The number of carbonyl (C=O) groups excluding carboxylic acids is 1. The molecule has 0 aliphatic carbocycles. The largest absolute Gasteiger partial charge is 0.380 e. The quantitative estimate of drug-likeness (QED) is 0.414. The van der Waals surface area contributed by atoms with E-state index in [1.165, 1.54) is 12.8 Å².